The molecule has 1 aliphatic heterocycles. The second-order valence-electron chi connectivity index (χ2n) is 7.41. The molecular formula is C19H24N5O10P. The number of fused-ring (bicyclic) bond motifs is 1. The number of hydrogen-bond donors (Lipinski definition) is 6. The number of aromatic amines is 1. The predicted molar refractivity (Wildman–Crippen MR) is 118 cm³/mol. The molecule has 0 bridgehead atoms. The van der Waals surface area contributed by atoms with Crippen LogP contribution >= 0.6 is 7.82 Å². The number of hydrogen-bond acceptors (Lipinski definition) is 12. The molecule has 16 heteroatoms. The molecule has 0 spiro atoms. The molecule has 3 aromatic rings. The van der Waals surface area contributed by atoms with Crippen LogP contribution < -0.4 is 19.5 Å². The zero-order valence-corrected chi connectivity index (χ0v) is 19.5. The summed E-state index contributed by atoms with van der Waals surface area (Å²) >= 11 is 0. The van der Waals surface area contributed by atoms with Crippen molar-refractivity contribution in [2.24, 2.45) is 0 Å². The fourth-order valence-electron chi connectivity index (χ4n) is 3.53. The normalized spacial score (nSPS) is 22.3. The van der Waals surface area contributed by atoms with Gasteiger partial charge in [-0.15, -0.1) is 0 Å². The van der Waals surface area contributed by atoms with Crippen LogP contribution in [0.15, 0.2) is 24.8 Å². The van der Waals surface area contributed by atoms with E-state index >= 15 is 0 Å². The van der Waals surface area contributed by atoms with Crippen LogP contribution in [0, 0.1) is 0 Å². The van der Waals surface area contributed by atoms with Gasteiger partial charge >= 0.3 is 7.82 Å². The summed E-state index contributed by atoms with van der Waals surface area (Å²) in [6.45, 7) is -0.396. The van der Waals surface area contributed by atoms with E-state index in [1.165, 1.54) is 39.0 Å². The van der Waals surface area contributed by atoms with Crippen LogP contribution in [0.1, 0.15) is 5.56 Å². The minimum Gasteiger partial charge on any atom is -0.496 e. The lowest BCUT2D eigenvalue weighted by molar-refractivity contribution is -0.116. The van der Waals surface area contributed by atoms with E-state index in [-0.39, 0.29) is 12.3 Å². The molecule has 4 rings (SSSR count). The summed E-state index contributed by atoms with van der Waals surface area (Å²) in [5, 5.41) is 23.6. The highest BCUT2D eigenvalue weighted by atomic mass is 31.2. The van der Waals surface area contributed by atoms with Gasteiger partial charge < -0.3 is 49.2 Å². The van der Waals surface area contributed by atoms with Crippen molar-refractivity contribution in [2.75, 3.05) is 26.1 Å². The molecular weight excluding hydrogens is 489 g/mol. The Labute approximate surface area is 198 Å². The largest absolute Gasteiger partial charge is 0.496 e. The third kappa shape index (κ3) is 5.62. The van der Waals surface area contributed by atoms with Crippen LogP contribution in [0.25, 0.3) is 11.2 Å². The lowest BCUT2D eigenvalue weighted by atomic mass is 10.1. The molecule has 2 aromatic heterocycles. The Morgan fingerprint density at radius 2 is 1.83 bits per heavy atom. The molecule has 0 aliphatic carbocycles. The molecule has 0 amide bonds. The number of nitrogens with one attached hydrogen (secondary N) is 2. The van der Waals surface area contributed by atoms with E-state index in [0.29, 0.717) is 34.0 Å². The van der Waals surface area contributed by atoms with Gasteiger partial charge in [-0.3, -0.25) is 4.52 Å². The highest BCUT2D eigenvalue weighted by Gasteiger charge is 2.45. The van der Waals surface area contributed by atoms with Gasteiger partial charge in [-0.1, -0.05) is 0 Å². The van der Waals surface area contributed by atoms with E-state index in [1.54, 1.807) is 0 Å². The van der Waals surface area contributed by atoms with Gasteiger partial charge in [0.05, 0.1) is 32.7 Å². The van der Waals surface area contributed by atoms with E-state index in [4.69, 9.17) is 28.7 Å². The number of ether oxygens (including phenoxy) is 4. The first-order chi connectivity index (χ1) is 16.7. The van der Waals surface area contributed by atoms with E-state index in [9.17, 15) is 14.8 Å². The van der Waals surface area contributed by atoms with Crippen molar-refractivity contribution in [3.8, 4) is 17.2 Å². The van der Waals surface area contributed by atoms with Crippen molar-refractivity contribution in [3.05, 3.63) is 30.4 Å². The van der Waals surface area contributed by atoms with Crippen LogP contribution in [0.4, 0.5) is 5.82 Å². The molecule has 3 heterocycles. The van der Waals surface area contributed by atoms with Gasteiger partial charge in [0, 0.05) is 18.7 Å². The molecule has 35 heavy (non-hydrogen) atoms. The minimum absolute atomic E-state index is 0.188. The highest BCUT2D eigenvalue weighted by Crippen LogP contribution is 2.39. The van der Waals surface area contributed by atoms with Crippen LogP contribution in [0.5, 0.6) is 17.2 Å². The maximum atomic E-state index is 10.9. The van der Waals surface area contributed by atoms with Crippen molar-refractivity contribution in [1.29, 1.82) is 0 Å². The standard InChI is InChI=1S/C19H24N5O10P/c1-30-11-3-9(33-19-16(26)15(25)13(34-19)6-32-35(27,28)29)4-12(31-2)10(11)5-20-17-14-18(22-7-21-14)24-8-23-17/h3-4,7-8,13,15-16,19,25-26H,5-6H2,1-2H3,(H2,27,28,29)(H2,20,21,22,23,24)/t13-,15-,16-,19?/m1/s1. The lowest BCUT2D eigenvalue weighted by Gasteiger charge is -2.20. The Kier molecular flexibility index (Phi) is 7.37. The third-order valence-electron chi connectivity index (χ3n) is 5.21. The second kappa shape index (κ2) is 10.3. The van der Waals surface area contributed by atoms with Gasteiger partial charge in [-0.05, 0) is 0 Å². The minimum atomic E-state index is -4.78. The first-order valence-corrected chi connectivity index (χ1v) is 11.7. The first-order valence-electron chi connectivity index (χ1n) is 10.2. The summed E-state index contributed by atoms with van der Waals surface area (Å²) in [4.78, 5) is 33.0. The number of anilines is 1. The van der Waals surface area contributed by atoms with E-state index < -0.39 is 39.0 Å². The summed E-state index contributed by atoms with van der Waals surface area (Å²) in [6.07, 6.45) is -2.67. The monoisotopic (exact) mass is 513 g/mol. The Morgan fingerprint density at radius 3 is 2.49 bits per heavy atom. The van der Waals surface area contributed by atoms with Crippen molar-refractivity contribution >= 4 is 24.8 Å². The number of rotatable bonds is 10. The van der Waals surface area contributed by atoms with Gasteiger partial charge in [0.1, 0.15) is 47.4 Å². The Bertz CT molecular complexity index is 1190. The number of aromatic nitrogens is 4. The fourth-order valence-corrected chi connectivity index (χ4v) is 3.87. The maximum Gasteiger partial charge on any atom is 0.469 e. The van der Waals surface area contributed by atoms with Gasteiger partial charge in [0.25, 0.3) is 0 Å². The first kappa shape index (κ1) is 25.1. The average Bonchev–Trinajstić information content (AvgIpc) is 3.41. The van der Waals surface area contributed by atoms with Crippen LogP contribution in [-0.4, -0.2) is 85.4 Å². The van der Waals surface area contributed by atoms with Crippen LogP contribution in [0.2, 0.25) is 0 Å². The third-order valence-corrected chi connectivity index (χ3v) is 5.70. The molecule has 1 aliphatic rings. The number of benzene rings is 1. The molecule has 1 aromatic carbocycles. The van der Waals surface area contributed by atoms with Crippen LogP contribution in [0.3, 0.4) is 0 Å². The summed E-state index contributed by atoms with van der Waals surface area (Å²) in [6, 6.07) is 3.07. The van der Waals surface area contributed by atoms with Crippen molar-refractivity contribution in [1.82, 2.24) is 19.9 Å². The number of phosphoric ester groups is 1. The molecule has 190 valence electrons. The molecule has 1 unspecified atom stereocenters. The molecule has 0 radical (unpaired) electrons. The molecule has 6 N–H and O–H groups in total. The number of aliphatic hydroxyl groups is 2. The zero-order chi connectivity index (χ0) is 25.2. The number of H-pyrrole nitrogens is 1. The fraction of sp³-hybridized carbons (Fsp3) is 0.421. The Balaban J connectivity index is 1.50. The summed E-state index contributed by atoms with van der Waals surface area (Å²) < 4.78 is 37.3. The van der Waals surface area contributed by atoms with E-state index in [2.05, 4.69) is 29.8 Å². The highest BCUT2D eigenvalue weighted by molar-refractivity contribution is 7.46. The van der Waals surface area contributed by atoms with Crippen LogP contribution in [-0.2, 0) is 20.4 Å². The SMILES string of the molecule is COc1cc(OC2O[C@H](COP(=O)(O)O)[C@@H](O)[C@H]2O)cc(OC)c1CNc1ncnc2nc[nH]c12. The number of nitrogens with zero attached hydrogens (tertiary/aromatic N) is 3. The number of imidazole rings is 1. The Morgan fingerprint density at radius 1 is 1.11 bits per heavy atom. The topological polar surface area (TPSA) is 211 Å². The van der Waals surface area contributed by atoms with Gasteiger partial charge in [-0.2, -0.15) is 0 Å². The smallest absolute Gasteiger partial charge is 0.469 e. The van der Waals surface area contributed by atoms with Gasteiger partial charge in [-0.25, -0.2) is 19.5 Å². The molecule has 15 nitrogen and oxygen atoms in total. The van der Waals surface area contributed by atoms with Gasteiger partial charge in [0.15, 0.2) is 11.5 Å². The van der Waals surface area contributed by atoms with Gasteiger partial charge in [0.2, 0.25) is 6.29 Å². The summed E-state index contributed by atoms with van der Waals surface area (Å²) in [5.41, 5.74) is 1.77. The summed E-state index contributed by atoms with van der Waals surface area (Å²) in [5.74, 6) is 1.48. The maximum absolute atomic E-state index is 10.9. The quantitative estimate of drug-likeness (QED) is 0.196. The lowest BCUT2D eigenvalue weighted by Crippen LogP contribution is -2.35. The van der Waals surface area contributed by atoms with Crippen molar-refractivity contribution < 1.29 is 48.0 Å². The predicted octanol–water partition coefficient (Wildman–Crippen LogP) is -0.0830. The molecule has 4 atom stereocenters. The number of aliphatic hydroxyl groups excluding tert-OH is 2. The second-order valence-corrected chi connectivity index (χ2v) is 8.65. The molecule has 1 fully saturated rings. The summed E-state index contributed by atoms with van der Waals surface area (Å²) in [7, 11) is -1.87. The average molecular weight is 513 g/mol. The van der Waals surface area contributed by atoms with Crippen molar-refractivity contribution in [2.45, 2.75) is 31.1 Å². The number of methoxy groups -OCH3 is 2. The van der Waals surface area contributed by atoms with E-state index in [1.807, 2.05) is 0 Å². The molecule has 0 saturated carbocycles. The van der Waals surface area contributed by atoms with Crippen molar-refractivity contribution in [3.63, 3.8) is 0 Å². The molecule has 1 saturated heterocycles. The zero-order valence-electron chi connectivity index (χ0n) is 18.6. The Hall–Kier alpha value is -3.04. The number of phosphoric acid groups is 1. The van der Waals surface area contributed by atoms with E-state index in [0.717, 1.165) is 0 Å².